The Labute approximate surface area is 185 Å². The first-order valence-corrected chi connectivity index (χ1v) is 12.3. The molecule has 3 rings (SSSR count). The maximum absolute atomic E-state index is 12.6. The van der Waals surface area contributed by atoms with Gasteiger partial charge in [0.15, 0.2) is 0 Å². The average molecular weight is 445 g/mol. The Balaban J connectivity index is 1.45. The molecule has 0 radical (unpaired) electrons. The van der Waals surface area contributed by atoms with Crippen LogP contribution in [0.5, 0.6) is 0 Å². The van der Waals surface area contributed by atoms with Crippen LogP contribution in [0, 0.1) is 0 Å². The van der Waals surface area contributed by atoms with Crippen molar-refractivity contribution in [3.63, 3.8) is 0 Å². The molecule has 31 heavy (non-hydrogen) atoms. The van der Waals surface area contributed by atoms with Crippen LogP contribution in [0.25, 0.3) is 0 Å². The number of anilines is 1. The van der Waals surface area contributed by atoms with E-state index in [-0.39, 0.29) is 10.8 Å². The van der Waals surface area contributed by atoms with Crippen molar-refractivity contribution in [2.45, 2.75) is 18.7 Å². The monoisotopic (exact) mass is 444 g/mol. The van der Waals surface area contributed by atoms with Crippen LogP contribution in [0.15, 0.2) is 59.5 Å². The summed E-state index contributed by atoms with van der Waals surface area (Å²) < 4.78 is 26.5. The van der Waals surface area contributed by atoms with Crippen molar-refractivity contribution in [3.05, 3.63) is 60.2 Å². The summed E-state index contributed by atoms with van der Waals surface area (Å²) in [6.45, 7) is 9.68. The number of hydrogen-bond acceptors (Lipinski definition) is 5. The van der Waals surface area contributed by atoms with E-state index in [4.69, 9.17) is 0 Å². The van der Waals surface area contributed by atoms with Gasteiger partial charge >= 0.3 is 0 Å². The van der Waals surface area contributed by atoms with Gasteiger partial charge in [-0.2, -0.15) is 4.31 Å². The summed E-state index contributed by atoms with van der Waals surface area (Å²) in [5, 5.41) is 2.94. The zero-order chi connectivity index (χ0) is 22.3. The van der Waals surface area contributed by atoms with Gasteiger partial charge in [0.25, 0.3) is 5.91 Å². The lowest BCUT2D eigenvalue weighted by Gasteiger charge is -2.36. The molecule has 168 valence electrons. The predicted molar refractivity (Wildman–Crippen MR) is 124 cm³/mol. The topological polar surface area (TPSA) is 73.0 Å². The normalized spacial score (nSPS) is 15.3. The third kappa shape index (κ3) is 5.84. The number of benzene rings is 2. The minimum Gasteiger partial charge on any atom is -0.369 e. The highest BCUT2D eigenvalue weighted by molar-refractivity contribution is 7.89. The molecule has 8 heteroatoms. The Kier molecular flexibility index (Phi) is 8.06. The number of hydrogen-bond donors (Lipinski definition) is 1. The van der Waals surface area contributed by atoms with Gasteiger partial charge in [0.05, 0.1) is 4.90 Å². The highest BCUT2D eigenvalue weighted by Gasteiger charge is 2.22. The van der Waals surface area contributed by atoms with Crippen LogP contribution in [0.3, 0.4) is 0 Å². The van der Waals surface area contributed by atoms with Crippen LogP contribution in [-0.2, 0) is 10.0 Å². The lowest BCUT2D eigenvalue weighted by molar-refractivity contribution is 0.0947. The number of carbonyl (C=O) groups is 1. The van der Waals surface area contributed by atoms with Gasteiger partial charge in [0, 0.05) is 63.6 Å². The third-order valence-corrected chi connectivity index (χ3v) is 7.73. The molecule has 1 heterocycles. The molecule has 2 aromatic rings. The average Bonchev–Trinajstić information content (AvgIpc) is 2.81. The number of sulfonamides is 1. The first kappa shape index (κ1) is 23.2. The summed E-state index contributed by atoms with van der Waals surface area (Å²) in [6, 6.07) is 16.6. The Hall–Kier alpha value is -2.42. The van der Waals surface area contributed by atoms with Gasteiger partial charge in [0.1, 0.15) is 0 Å². The van der Waals surface area contributed by atoms with E-state index in [1.165, 1.54) is 22.1 Å². The van der Waals surface area contributed by atoms with Gasteiger partial charge in [-0.05, 0) is 36.4 Å². The van der Waals surface area contributed by atoms with E-state index in [0.717, 1.165) is 32.7 Å². The lowest BCUT2D eigenvalue weighted by atomic mass is 10.2. The largest absolute Gasteiger partial charge is 0.369 e. The van der Waals surface area contributed by atoms with E-state index >= 15 is 0 Å². The number of rotatable bonds is 9. The Morgan fingerprint density at radius 2 is 1.55 bits per heavy atom. The zero-order valence-electron chi connectivity index (χ0n) is 18.3. The van der Waals surface area contributed by atoms with Crippen LogP contribution >= 0.6 is 0 Å². The second kappa shape index (κ2) is 10.7. The maximum atomic E-state index is 12.6. The zero-order valence-corrected chi connectivity index (χ0v) is 19.1. The van der Waals surface area contributed by atoms with Crippen molar-refractivity contribution >= 4 is 21.6 Å². The fourth-order valence-electron chi connectivity index (χ4n) is 3.79. The fraction of sp³-hybridized carbons (Fsp3) is 0.435. The molecule has 0 aromatic heterocycles. The summed E-state index contributed by atoms with van der Waals surface area (Å²) in [6.07, 6.45) is 0. The van der Waals surface area contributed by atoms with Crippen molar-refractivity contribution in [1.29, 1.82) is 0 Å². The highest BCUT2D eigenvalue weighted by atomic mass is 32.2. The highest BCUT2D eigenvalue weighted by Crippen LogP contribution is 2.17. The first-order valence-electron chi connectivity index (χ1n) is 10.9. The SMILES string of the molecule is CCN(CC)S(=O)(=O)c1ccc(C(=O)NCCN2CCN(c3ccccc3)CC2)cc1. The minimum atomic E-state index is -3.51. The van der Waals surface area contributed by atoms with E-state index < -0.39 is 10.0 Å². The van der Waals surface area contributed by atoms with E-state index in [1.807, 2.05) is 19.9 Å². The van der Waals surface area contributed by atoms with Crippen molar-refractivity contribution in [2.24, 2.45) is 0 Å². The molecule has 1 aliphatic heterocycles. The summed E-state index contributed by atoms with van der Waals surface area (Å²) in [5.74, 6) is -0.185. The Morgan fingerprint density at radius 1 is 0.935 bits per heavy atom. The quantitative estimate of drug-likeness (QED) is 0.642. The second-order valence-electron chi connectivity index (χ2n) is 7.53. The number of nitrogens with zero attached hydrogens (tertiary/aromatic N) is 3. The molecule has 1 amide bonds. The lowest BCUT2D eigenvalue weighted by Crippen LogP contribution is -2.48. The van der Waals surface area contributed by atoms with Gasteiger partial charge in [-0.15, -0.1) is 0 Å². The summed E-state index contributed by atoms with van der Waals surface area (Å²) in [4.78, 5) is 17.4. The van der Waals surface area contributed by atoms with Crippen molar-refractivity contribution in [2.75, 3.05) is 57.3 Å². The van der Waals surface area contributed by atoms with E-state index in [1.54, 1.807) is 12.1 Å². The molecule has 0 atom stereocenters. The van der Waals surface area contributed by atoms with Gasteiger partial charge < -0.3 is 10.2 Å². The van der Waals surface area contributed by atoms with Gasteiger partial charge in [0.2, 0.25) is 10.0 Å². The molecule has 7 nitrogen and oxygen atoms in total. The van der Waals surface area contributed by atoms with Crippen molar-refractivity contribution in [3.8, 4) is 0 Å². The maximum Gasteiger partial charge on any atom is 0.251 e. The number of amides is 1. The Morgan fingerprint density at radius 3 is 2.13 bits per heavy atom. The first-order chi connectivity index (χ1) is 15.0. The molecule has 0 saturated carbocycles. The van der Waals surface area contributed by atoms with Gasteiger partial charge in [-0.3, -0.25) is 9.69 Å². The molecule has 1 saturated heterocycles. The second-order valence-corrected chi connectivity index (χ2v) is 9.47. The van der Waals surface area contributed by atoms with Crippen LogP contribution in [0.2, 0.25) is 0 Å². The molecular formula is C23H32N4O3S. The van der Waals surface area contributed by atoms with Crippen LogP contribution in [0.1, 0.15) is 24.2 Å². The number of carbonyl (C=O) groups excluding carboxylic acids is 1. The summed E-state index contributed by atoms with van der Waals surface area (Å²) in [7, 11) is -3.51. The third-order valence-electron chi connectivity index (χ3n) is 5.67. The Bertz CT molecular complexity index is 937. The summed E-state index contributed by atoms with van der Waals surface area (Å²) in [5.41, 5.74) is 1.72. The van der Waals surface area contributed by atoms with Crippen molar-refractivity contribution in [1.82, 2.24) is 14.5 Å². The van der Waals surface area contributed by atoms with Crippen LogP contribution < -0.4 is 10.2 Å². The summed E-state index contributed by atoms with van der Waals surface area (Å²) >= 11 is 0. The van der Waals surface area contributed by atoms with Crippen LogP contribution in [0.4, 0.5) is 5.69 Å². The van der Waals surface area contributed by atoms with Gasteiger partial charge in [-0.25, -0.2) is 8.42 Å². The van der Waals surface area contributed by atoms with Gasteiger partial charge in [-0.1, -0.05) is 32.0 Å². The number of para-hydroxylation sites is 1. The predicted octanol–water partition coefficient (Wildman–Crippen LogP) is 2.27. The van der Waals surface area contributed by atoms with E-state index in [2.05, 4.69) is 39.4 Å². The number of piperazine rings is 1. The van der Waals surface area contributed by atoms with E-state index in [0.29, 0.717) is 25.2 Å². The van der Waals surface area contributed by atoms with Crippen molar-refractivity contribution < 1.29 is 13.2 Å². The molecule has 0 spiro atoms. The van der Waals surface area contributed by atoms with E-state index in [9.17, 15) is 13.2 Å². The molecule has 1 fully saturated rings. The molecule has 0 unspecified atom stereocenters. The fourth-order valence-corrected chi connectivity index (χ4v) is 5.25. The molecule has 0 aliphatic carbocycles. The molecule has 0 bridgehead atoms. The van der Waals surface area contributed by atoms with Crippen LogP contribution in [-0.4, -0.2) is 75.9 Å². The minimum absolute atomic E-state index is 0.185. The smallest absolute Gasteiger partial charge is 0.251 e. The molecule has 1 N–H and O–H groups in total. The number of nitrogens with one attached hydrogen (secondary N) is 1. The molecule has 2 aromatic carbocycles. The standard InChI is InChI=1S/C23H32N4O3S/c1-3-27(4-2)31(29,30)22-12-10-20(11-13-22)23(28)24-14-15-25-16-18-26(19-17-25)21-8-6-5-7-9-21/h5-13H,3-4,14-19H2,1-2H3,(H,24,28). The molecular weight excluding hydrogens is 412 g/mol. The molecule has 1 aliphatic rings.